The first-order chi connectivity index (χ1) is 13.0. The maximum Gasteiger partial charge on any atom is 0.434 e. The first-order valence-corrected chi connectivity index (χ1v) is 7.96. The van der Waals surface area contributed by atoms with Crippen LogP contribution in [-0.4, -0.2) is 21.9 Å². The molecule has 0 fully saturated rings. The number of anilines is 1. The number of nitrogens with two attached hydrogens (primary N) is 1. The van der Waals surface area contributed by atoms with E-state index in [1.807, 2.05) is 0 Å². The predicted octanol–water partition coefficient (Wildman–Crippen LogP) is 4.00. The second kappa shape index (κ2) is 6.77. The van der Waals surface area contributed by atoms with Gasteiger partial charge in [-0.25, -0.2) is 13.8 Å². The van der Waals surface area contributed by atoms with Gasteiger partial charge in [-0.15, -0.1) is 0 Å². The fourth-order valence-corrected chi connectivity index (χ4v) is 2.55. The smallest absolute Gasteiger partial charge is 0.434 e. The number of ether oxygens (including phenoxy) is 1. The number of benzene rings is 1. The summed E-state index contributed by atoms with van der Waals surface area (Å²) in [7, 11) is 0. The molecule has 0 amide bonds. The summed E-state index contributed by atoms with van der Waals surface area (Å²) < 4.78 is 72.1. The maximum absolute atomic E-state index is 13.5. The Labute approximate surface area is 155 Å². The van der Waals surface area contributed by atoms with Gasteiger partial charge in [0.2, 0.25) is 0 Å². The Morgan fingerprint density at radius 3 is 2.32 bits per heavy atom. The van der Waals surface area contributed by atoms with Gasteiger partial charge in [-0.2, -0.15) is 13.2 Å². The Morgan fingerprint density at radius 2 is 1.75 bits per heavy atom. The lowest BCUT2D eigenvalue weighted by molar-refractivity contribution is -0.140. The summed E-state index contributed by atoms with van der Waals surface area (Å²) in [4.78, 5) is 16.3. The number of nitrogen functional groups attached to an aromatic ring is 1. The summed E-state index contributed by atoms with van der Waals surface area (Å²) in [5.41, 5.74) is 2.42. The van der Waals surface area contributed by atoms with E-state index in [4.69, 9.17) is 10.5 Å². The van der Waals surface area contributed by atoms with E-state index < -0.39 is 35.5 Å². The number of alkyl halides is 5. The van der Waals surface area contributed by atoms with Crippen molar-refractivity contribution in [3.8, 4) is 16.9 Å². The van der Waals surface area contributed by atoms with Crippen LogP contribution in [0.3, 0.4) is 0 Å². The van der Waals surface area contributed by atoms with Crippen LogP contribution in [0, 0.1) is 0 Å². The average Bonchev–Trinajstić information content (AvgIpc) is 2.59. The highest BCUT2D eigenvalue weighted by Crippen LogP contribution is 2.34. The van der Waals surface area contributed by atoms with Gasteiger partial charge in [-0.3, -0.25) is 9.20 Å². The van der Waals surface area contributed by atoms with Crippen LogP contribution in [0.15, 0.2) is 47.4 Å². The molecule has 1 aromatic carbocycles. The number of hydrogen-bond acceptors (Lipinski definition) is 4. The van der Waals surface area contributed by atoms with Gasteiger partial charge in [0.1, 0.15) is 11.4 Å². The standard InChI is InChI=1S/C18H14F5N3O2/c1-17(19,20)9-28-12-4-2-10(3-5-12)14-15(18(21,22)23)25-13-8-11(24)6-7-26(13)16(14)27/h2-8H,9,24H2,1H3. The molecule has 3 rings (SSSR count). The fraction of sp³-hybridized carbons (Fsp3) is 0.222. The Kier molecular flexibility index (Phi) is 4.74. The first-order valence-electron chi connectivity index (χ1n) is 7.96. The molecule has 0 aliphatic heterocycles. The van der Waals surface area contributed by atoms with Crippen LogP contribution in [0.25, 0.3) is 16.8 Å². The molecule has 2 heterocycles. The van der Waals surface area contributed by atoms with Crippen LogP contribution >= 0.6 is 0 Å². The van der Waals surface area contributed by atoms with Gasteiger partial charge in [0.05, 0.1) is 5.56 Å². The third-order valence-electron chi connectivity index (χ3n) is 3.76. The van der Waals surface area contributed by atoms with Crippen LogP contribution in [0.2, 0.25) is 0 Å². The largest absolute Gasteiger partial charge is 0.487 e. The average molecular weight is 399 g/mol. The van der Waals surface area contributed by atoms with E-state index in [-0.39, 0.29) is 22.6 Å². The summed E-state index contributed by atoms with van der Waals surface area (Å²) in [6.45, 7) is -0.215. The van der Waals surface area contributed by atoms with Crippen molar-refractivity contribution in [2.75, 3.05) is 12.3 Å². The van der Waals surface area contributed by atoms with E-state index >= 15 is 0 Å². The molecule has 2 aromatic heterocycles. The Bertz CT molecular complexity index is 1070. The zero-order valence-electron chi connectivity index (χ0n) is 14.4. The van der Waals surface area contributed by atoms with Crippen LogP contribution in [0.1, 0.15) is 12.6 Å². The summed E-state index contributed by atoms with van der Waals surface area (Å²) in [6.07, 6.45) is -3.67. The number of fused-ring (bicyclic) bond motifs is 1. The van der Waals surface area contributed by atoms with E-state index in [0.29, 0.717) is 6.92 Å². The summed E-state index contributed by atoms with van der Waals surface area (Å²) >= 11 is 0. The number of pyridine rings is 1. The molecule has 0 spiro atoms. The second-order valence-corrected chi connectivity index (χ2v) is 6.21. The molecule has 2 N–H and O–H groups in total. The number of nitrogens with zero attached hydrogens (tertiary/aromatic N) is 2. The summed E-state index contributed by atoms with van der Waals surface area (Å²) in [5, 5.41) is 0. The van der Waals surface area contributed by atoms with Crippen molar-refractivity contribution >= 4 is 11.3 Å². The lowest BCUT2D eigenvalue weighted by atomic mass is 10.0. The molecule has 28 heavy (non-hydrogen) atoms. The van der Waals surface area contributed by atoms with Crippen LogP contribution < -0.4 is 16.0 Å². The van der Waals surface area contributed by atoms with Crippen molar-refractivity contribution in [2.24, 2.45) is 0 Å². The van der Waals surface area contributed by atoms with E-state index in [2.05, 4.69) is 4.98 Å². The highest BCUT2D eigenvalue weighted by Gasteiger charge is 2.38. The fourth-order valence-electron chi connectivity index (χ4n) is 2.55. The molecule has 5 nitrogen and oxygen atoms in total. The highest BCUT2D eigenvalue weighted by molar-refractivity contribution is 5.68. The molecule has 148 valence electrons. The molecule has 3 aromatic rings. The van der Waals surface area contributed by atoms with Crippen molar-refractivity contribution in [3.63, 3.8) is 0 Å². The lowest BCUT2D eigenvalue weighted by Gasteiger charge is -2.15. The minimum absolute atomic E-state index is 0.0282. The molecule has 0 radical (unpaired) electrons. The third-order valence-corrected chi connectivity index (χ3v) is 3.76. The van der Waals surface area contributed by atoms with Crippen LogP contribution in [0.4, 0.5) is 27.6 Å². The zero-order chi connectivity index (χ0) is 20.7. The summed E-state index contributed by atoms with van der Waals surface area (Å²) in [5.74, 6) is -3.04. The van der Waals surface area contributed by atoms with Crippen molar-refractivity contribution in [1.29, 1.82) is 0 Å². The second-order valence-electron chi connectivity index (χ2n) is 6.21. The lowest BCUT2D eigenvalue weighted by Crippen LogP contribution is -2.24. The molecule has 0 bridgehead atoms. The van der Waals surface area contributed by atoms with Crippen molar-refractivity contribution in [1.82, 2.24) is 9.38 Å². The Morgan fingerprint density at radius 1 is 1.11 bits per heavy atom. The van der Waals surface area contributed by atoms with Gasteiger partial charge in [0.25, 0.3) is 11.5 Å². The van der Waals surface area contributed by atoms with E-state index in [0.717, 1.165) is 10.5 Å². The zero-order valence-corrected chi connectivity index (χ0v) is 14.4. The molecule has 0 aliphatic rings. The number of halogens is 5. The van der Waals surface area contributed by atoms with Gasteiger partial charge in [0, 0.05) is 24.9 Å². The van der Waals surface area contributed by atoms with Crippen molar-refractivity contribution in [2.45, 2.75) is 19.0 Å². The molecule has 0 saturated heterocycles. The molecule has 0 saturated carbocycles. The maximum atomic E-state index is 13.5. The van der Waals surface area contributed by atoms with E-state index in [9.17, 15) is 26.7 Å². The van der Waals surface area contributed by atoms with Gasteiger partial charge in [-0.05, 0) is 23.8 Å². The molecule has 0 aliphatic carbocycles. The minimum atomic E-state index is -4.90. The SMILES string of the molecule is CC(F)(F)COc1ccc(-c2c(C(F)(F)F)nc3cc(N)ccn3c2=O)cc1. The highest BCUT2D eigenvalue weighted by atomic mass is 19.4. The predicted molar refractivity (Wildman–Crippen MR) is 92.4 cm³/mol. The molecule has 10 heteroatoms. The van der Waals surface area contributed by atoms with Gasteiger partial charge in [0.15, 0.2) is 12.3 Å². The van der Waals surface area contributed by atoms with Gasteiger partial charge >= 0.3 is 6.18 Å². The van der Waals surface area contributed by atoms with Crippen LogP contribution in [-0.2, 0) is 6.18 Å². The Balaban J connectivity index is 2.12. The van der Waals surface area contributed by atoms with E-state index in [1.54, 1.807) is 0 Å². The number of rotatable bonds is 4. The van der Waals surface area contributed by atoms with Gasteiger partial charge in [-0.1, -0.05) is 12.1 Å². The molecular weight excluding hydrogens is 385 g/mol. The summed E-state index contributed by atoms with van der Waals surface area (Å²) in [6, 6.07) is 7.29. The normalized spacial score (nSPS) is 12.4. The number of aromatic nitrogens is 2. The van der Waals surface area contributed by atoms with Crippen LogP contribution in [0.5, 0.6) is 5.75 Å². The van der Waals surface area contributed by atoms with E-state index in [1.165, 1.54) is 36.5 Å². The number of hydrogen-bond donors (Lipinski definition) is 1. The quantitative estimate of drug-likeness (QED) is 0.674. The minimum Gasteiger partial charge on any atom is -0.487 e. The third kappa shape index (κ3) is 4.05. The van der Waals surface area contributed by atoms with Crippen molar-refractivity contribution < 1.29 is 26.7 Å². The molecule has 0 unspecified atom stereocenters. The van der Waals surface area contributed by atoms with Gasteiger partial charge < -0.3 is 10.5 Å². The molecule has 0 atom stereocenters. The molecular formula is C18H14F5N3O2. The monoisotopic (exact) mass is 399 g/mol. The Hall–Kier alpha value is -3.17. The first kappa shape index (κ1) is 19.6. The topological polar surface area (TPSA) is 69.6 Å². The van der Waals surface area contributed by atoms with Crippen molar-refractivity contribution in [3.05, 3.63) is 58.6 Å².